The highest BCUT2D eigenvalue weighted by molar-refractivity contribution is 7.99. The van der Waals surface area contributed by atoms with Crippen LogP contribution in [0.3, 0.4) is 0 Å². The summed E-state index contributed by atoms with van der Waals surface area (Å²) in [7, 11) is 0. The van der Waals surface area contributed by atoms with Gasteiger partial charge in [0.15, 0.2) is 5.16 Å². The Labute approximate surface area is 155 Å². The van der Waals surface area contributed by atoms with Gasteiger partial charge in [-0.3, -0.25) is 4.79 Å². The van der Waals surface area contributed by atoms with Crippen LogP contribution < -0.4 is 5.32 Å². The number of thioether (sulfide) groups is 1. The zero-order valence-corrected chi connectivity index (χ0v) is 16.6. The van der Waals surface area contributed by atoms with E-state index in [0.29, 0.717) is 22.3 Å². The lowest BCUT2D eigenvalue weighted by atomic mass is 10.1. The van der Waals surface area contributed by atoms with Crippen LogP contribution in [-0.2, 0) is 16.1 Å². The van der Waals surface area contributed by atoms with Gasteiger partial charge in [0, 0.05) is 11.4 Å². The lowest BCUT2D eigenvalue weighted by molar-refractivity contribution is -0.113. The standard InChI is InChI=1S/C16H22N4O3S2/c1-6-20-11(5)18-19-16(20)24-8-12(21)17-14-13(15(22)23-7-2)9(3)10(4)25-14/h6-8H2,1-5H3,(H,17,21). The molecule has 9 heteroatoms. The molecule has 2 aromatic heterocycles. The predicted octanol–water partition coefficient (Wildman–Crippen LogP) is 3.19. The quantitative estimate of drug-likeness (QED) is 0.585. The van der Waals surface area contributed by atoms with Gasteiger partial charge in [0.05, 0.1) is 17.9 Å². The number of hydrogen-bond acceptors (Lipinski definition) is 7. The molecule has 2 aromatic rings. The van der Waals surface area contributed by atoms with Crippen molar-refractivity contribution in [3.63, 3.8) is 0 Å². The average Bonchev–Trinajstić information content (AvgIpc) is 3.05. The number of hydrogen-bond donors (Lipinski definition) is 1. The molecular formula is C16H22N4O3S2. The van der Waals surface area contributed by atoms with Crippen LogP contribution in [0.1, 0.15) is 40.5 Å². The number of thiophene rings is 1. The molecular weight excluding hydrogens is 360 g/mol. The molecule has 2 rings (SSSR count). The van der Waals surface area contributed by atoms with E-state index in [1.807, 2.05) is 32.3 Å². The zero-order valence-electron chi connectivity index (χ0n) is 15.0. The number of nitrogens with zero attached hydrogens (tertiary/aromatic N) is 3. The maximum Gasteiger partial charge on any atom is 0.341 e. The van der Waals surface area contributed by atoms with E-state index in [4.69, 9.17) is 4.74 Å². The van der Waals surface area contributed by atoms with Crippen molar-refractivity contribution in [2.45, 2.75) is 46.3 Å². The summed E-state index contributed by atoms with van der Waals surface area (Å²) in [6.07, 6.45) is 0. The zero-order chi connectivity index (χ0) is 18.6. The number of amides is 1. The van der Waals surface area contributed by atoms with E-state index in [-0.39, 0.29) is 11.7 Å². The molecule has 2 heterocycles. The van der Waals surface area contributed by atoms with Gasteiger partial charge in [-0.15, -0.1) is 21.5 Å². The number of carbonyl (C=O) groups is 2. The largest absolute Gasteiger partial charge is 0.462 e. The summed E-state index contributed by atoms with van der Waals surface area (Å²) in [4.78, 5) is 25.4. The van der Waals surface area contributed by atoms with E-state index < -0.39 is 5.97 Å². The minimum atomic E-state index is -0.409. The third-order valence-corrected chi connectivity index (χ3v) is 5.76. The molecule has 0 spiro atoms. The van der Waals surface area contributed by atoms with Gasteiger partial charge in [-0.25, -0.2) is 4.79 Å². The first-order valence-electron chi connectivity index (χ1n) is 7.98. The Balaban J connectivity index is 2.08. The normalized spacial score (nSPS) is 10.8. The molecule has 1 N–H and O–H groups in total. The van der Waals surface area contributed by atoms with Gasteiger partial charge in [0.25, 0.3) is 0 Å². The van der Waals surface area contributed by atoms with Crippen molar-refractivity contribution in [3.05, 3.63) is 21.8 Å². The smallest absolute Gasteiger partial charge is 0.341 e. The summed E-state index contributed by atoms with van der Waals surface area (Å²) in [5.74, 6) is 0.407. The number of nitrogens with one attached hydrogen (secondary N) is 1. The van der Waals surface area contributed by atoms with Crippen LogP contribution in [-0.4, -0.2) is 39.0 Å². The van der Waals surface area contributed by atoms with Crippen molar-refractivity contribution in [3.8, 4) is 0 Å². The lowest BCUT2D eigenvalue weighted by Crippen LogP contribution is -2.17. The summed E-state index contributed by atoms with van der Waals surface area (Å²) < 4.78 is 7.04. The van der Waals surface area contributed by atoms with Crippen LogP contribution >= 0.6 is 23.1 Å². The van der Waals surface area contributed by atoms with Crippen LogP contribution in [0.5, 0.6) is 0 Å². The van der Waals surface area contributed by atoms with E-state index in [2.05, 4.69) is 15.5 Å². The monoisotopic (exact) mass is 382 g/mol. The number of rotatable bonds is 7. The van der Waals surface area contributed by atoms with Crippen LogP contribution in [0.4, 0.5) is 5.00 Å². The van der Waals surface area contributed by atoms with Crippen LogP contribution in [0.2, 0.25) is 0 Å². The summed E-state index contributed by atoms with van der Waals surface area (Å²) in [5, 5.41) is 12.2. The summed E-state index contributed by atoms with van der Waals surface area (Å²) in [5.41, 5.74) is 1.28. The molecule has 0 saturated carbocycles. The SMILES string of the molecule is CCOC(=O)c1c(NC(=O)CSc2nnc(C)n2CC)sc(C)c1C. The summed E-state index contributed by atoms with van der Waals surface area (Å²) >= 11 is 2.70. The first-order chi connectivity index (χ1) is 11.9. The molecule has 1 amide bonds. The van der Waals surface area contributed by atoms with E-state index in [1.165, 1.54) is 23.1 Å². The third kappa shape index (κ3) is 4.40. The lowest BCUT2D eigenvalue weighted by Gasteiger charge is -2.07. The highest BCUT2D eigenvalue weighted by Gasteiger charge is 2.22. The van der Waals surface area contributed by atoms with E-state index in [0.717, 1.165) is 22.8 Å². The van der Waals surface area contributed by atoms with Gasteiger partial charge < -0.3 is 14.6 Å². The Bertz CT molecular complexity index is 783. The second-order valence-corrected chi connectivity index (χ2v) is 7.49. The average molecular weight is 383 g/mol. The molecule has 0 saturated heterocycles. The molecule has 0 atom stereocenters. The summed E-state index contributed by atoms with van der Waals surface area (Å²) in [6, 6.07) is 0. The van der Waals surface area contributed by atoms with E-state index in [9.17, 15) is 9.59 Å². The van der Waals surface area contributed by atoms with E-state index >= 15 is 0 Å². The second kappa shape index (κ2) is 8.48. The first-order valence-corrected chi connectivity index (χ1v) is 9.78. The number of carbonyl (C=O) groups excluding carboxylic acids is 2. The van der Waals surface area contributed by atoms with Crippen molar-refractivity contribution >= 4 is 40.0 Å². The minimum absolute atomic E-state index is 0.191. The fraction of sp³-hybridized carbons (Fsp3) is 0.500. The highest BCUT2D eigenvalue weighted by atomic mass is 32.2. The molecule has 0 fully saturated rings. The molecule has 7 nitrogen and oxygen atoms in total. The number of esters is 1. The molecule has 136 valence electrons. The van der Waals surface area contributed by atoms with Crippen LogP contribution in [0.25, 0.3) is 0 Å². The Morgan fingerprint density at radius 1 is 1.24 bits per heavy atom. The second-order valence-electron chi connectivity index (χ2n) is 5.32. The maximum atomic E-state index is 12.3. The van der Waals surface area contributed by atoms with Gasteiger partial charge in [-0.1, -0.05) is 11.8 Å². The molecule has 0 unspecified atom stereocenters. The predicted molar refractivity (Wildman–Crippen MR) is 99.5 cm³/mol. The van der Waals surface area contributed by atoms with Gasteiger partial charge in [-0.05, 0) is 40.2 Å². The number of anilines is 1. The van der Waals surface area contributed by atoms with Crippen molar-refractivity contribution < 1.29 is 14.3 Å². The Hall–Kier alpha value is -1.87. The maximum absolute atomic E-state index is 12.3. The number of ether oxygens (including phenoxy) is 1. The molecule has 25 heavy (non-hydrogen) atoms. The minimum Gasteiger partial charge on any atom is -0.462 e. The van der Waals surface area contributed by atoms with Crippen molar-refractivity contribution in [1.29, 1.82) is 0 Å². The Morgan fingerprint density at radius 2 is 1.96 bits per heavy atom. The topological polar surface area (TPSA) is 86.1 Å². The van der Waals surface area contributed by atoms with Crippen LogP contribution in [0, 0.1) is 20.8 Å². The van der Waals surface area contributed by atoms with Gasteiger partial charge in [0.1, 0.15) is 10.8 Å². The molecule has 0 aromatic carbocycles. The van der Waals surface area contributed by atoms with Crippen molar-refractivity contribution in [2.75, 3.05) is 17.7 Å². The Morgan fingerprint density at radius 3 is 2.60 bits per heavy atom. The first kappa shape index (κ1) is 19.5. The highest BCUT2D eigenvalue weighted by Crippen LogP contribution is 2.33. The molecule has 0 aliphatic heterocycles. The fourth-order valence-electron chi connectivity index (χ4n) is 2.29. The number of aryl methyl sites for hydroxylation is 2. The van der Waals surface area contributed by atoms with Gasteiger partial charge >= 0.3 is 5.97 Å². The van der Waals surface area contributed by atoms with E-state index in [1.54, 1.807) is 6.92 Å². The Kier molecular flexibility index (Phi) is 6.60. The van der Waals surface area contributed by atoms with Crippen molar-refractivity contribution in [1.82, 2.24) is 14.8 Å². The molecule has 0 aliphatic carbocycles. The summed E-state index contributed by atoms with van der Waals surface area (Å²) in [6.45, 7) is 10.5. The molecule has 0 aliphatic rings. The van der Waals surface area contributed by atoms with Gasteiger partial charge in [0.2, 0.25) is 5.91 Å². The van der Waals surface area contributed by atoms with Crippen LogP contribution in [0.15, 0.2) is 5.16 Å². The van der Waals surface area contributed by atoms with Crippen molar-refractivity contribution in [2.24, 2.45) is 0 Å². The molecule has 0 radical (unpaired) electrons. The van der Waals surface area contributed by atoms with Gasteiger partial charge in [-0.2, -0.15) is 0 Å². The number of aromatic nitrogens is 3. The fourth-order valence-corrected chi connectivity index (χ4v) is 4.20. The molecule has 0 bridgehead atoms. The third-order valence-electron chi connectivity index (χ3n) is 3.67.